The lowest BCUT2D eigenvalue weighted by Gasteiger charge is -2.10. The van der Waals surface area contributed by atoms with E-state index in [1.165, 1.54) is 6.21 Å². The van der Waals surface area contributed by atoms with Gasteiger partial charge < -0.3 is 24.8 Å². The molecule has 0 spiro atoms. The Morgan fingerprint density at radius 3 is 2.26 bits per heavy atom. The van der Waals surface area contributed by atoms with Crippen molar-refractivity contribution >= 4 is 23.9 Å². The van der Waals surface area contributed by atoms with Crippen LogP contribution in [0.1, 0.15) is 23.1 Å². The van der Waals surface area contributed by atoms with Crippen LogP contribution in [0.3, 0.4) is 0 Å². The zero-order valence-electron chi connectivity index (χ0n) is 21.9. The van der Waals surface area contributed by atoms with Crippen LogP contribution in [0, 0.1) is 0 Å². The van der Waals surface area contributed by atoms with Gasteiger partial charge in [-0.25, -0.2) is 5.43 Å². The van der Waals surface area contributed by atoms with Gasteiger partial charge in [0.2, 0.25) is 11.8 Å². The third kappa shape index (κ3) is 10.2. The molecule has 3 amide bonds. The summed E-state index contributed by atoms with van der Waals surface area (Å²) in [6.07, 6.45) is 1.68. The molecule has 0 unspecified atom stereocenters. The Morgan fingerprint density at radius 2 is 1.54 bits per heavy atom. The fourth-order valence-corrected chi connectivity index (χ4v) is 3.46. The van der Waals surface area contributed by atoms with Crippen molar-refractivity contribution in [3.63, 3.8) is 0 Å². The van der Waals surface area contributed by atoms with Gasteiger partial charge in [0.05, 0.1) is 20.4 Å². The van der Waals surface area contributed by atoms with Crippen LogP contribution < -0.4 is 30.3 Å². The molecule has 0 aliphatic carbocycles. The summed E-state index contributed by atoms with van der Waals surface area (Å²) in [4.78, 5) is 36.0. The fraction of sp³-hybridized carbons (Fsp3) is 0.241. The summed E-state index contributed by atoms with van der Waals surface area (Å²) in [6, 6.07) is 22.0. The molecule has 3 rings (SSSR count). The molecule has 0 saturated heterocycles. The minimum Gasteiger partial charge on any atom is -0.493 e. The summed E-state index contributed by atoms with van der Waals surface area (Å²) >= 11 is 0. The van der Waals surface area contributed by atoms with Gasteiger partial charge in [-0.2, -0.15) is 5.10 Å². The molecule has 3 aromatic carbocycles. The van der Waals surface area contributed by atoms with E-state index in [-0.39, 0.29) is 18.9 Å². The first-order valence-electron chi connectivity index (χ1n) is 12.3. The first kappa shape index (κ1) is 28.7. The van der Waals surface area contributed by atoms with Gasteiger partial charge in [-0.05, 0) is 59.5 Å². The average molecular weight is 533 g/mol. The molecule has 204 valence electrons. The highest BCUT2D eigenvalue weighted by Gasteiger charge is 2.09. The quantitative estimate of drug-likeness (QED) is 0.166. The maximum atomic E-state index is 12.0. The number of nitrogens with zero attached hydrogens (tertiary/aromatic N) is 1. The molecule has 0 bridgehead atoms. The highest BCUT2D eigenvalue weighted by atomic mass is 16.5. The highest BCUT2D eigenvalue weighted by Crippen LogP contribution is 2.27. The summed E-state index contributed by atoms with van der Waals surface area (Å²) in [5.41, 5.74) is 5.01. The summed E-state index contributed by atoms with van der Waals surface area (Å²) in [6.45, 7) is 0.700. The monoisotopic (exact) mass is 532 g/mol. The number of amides is 3. The zero-order chi connectivity index (χ0) is 27.9. The standard InChI is InChI=1S/C29H32N4O6/c1-37-25-13-10-21(16-26(25)38-2)14-15-30-27(34)17-28(35)33-32-19-23-8-11-24(12-9-23)39-20-29(36)31-18-22-6-4-3-5-7-22/h3-13,16,19H,14-15,17-18,20H2,1-2H3,(H,30,34)(H,31,36)(H,33,35)/b32-19+. The normalized spacial score (nSPS) is 10.5. The Bertz CT molecular complexity index is 1260. The Kier molecular flexibility index (Phi) is 11.3. The van der Waals surface area contributed by atoms with Crippen LogP contribution in [0.4, 0.5) is 0 Å². The minimum atomic E-state index is -0.531. The largest absolute Gasteiger partial charge is 0.493 e. The van der Waals surface area contributed by atoms with Crippen LogP contribution in [0.15, 0.2) is 77.9 Å². The van der Waals surface area contributed by atoms with Gasteiger partial charge in [0.25, 0.3) is 5.91 Å². The smallest absolute Gasteiger partial charge is 0.258 e. The molecule has 0 aliphatic heterocycles. The van der Waals surface area contributed by atoms with E-state index in [2.05, 4.69) is 21.2 Å². The van der Waals surface area contributed by atoms with Gasteiger partial charge >= 0.3 is 0 Å². The number of methoxy groups -OCH3 is 2. The Balaban J connectivity index is 1.32. The maximum Gasteiger partial charge on any atom is 0.258 e. The van der Waals surface area contributed by atoms with Crippen LogP contribution in [-0.2, 0) is 27.3 Å². The molecular formula is C29H32N4O6. The highest BCUT2D eigenvalue weighted by molar-refractivity contribution is 5.97. The van der Waals surface area contributed by atoms with Crippen molar-refractivity contribution in [2.75, 3.05) is 27.4 Å². The Hall–Kier alpha value is -4.86. The van der Waals surface area contributed by atoms with Crippen molar-refractivity contribution in [2.24, 2.45) is 5.10 Å². The van der Waals surface area contributed by atoms with Crippen LogP contribution in [-0.4, -0.2) is 51.3 Å². The van der Waals surface area contributed by atoms with Crippen LogP contribution >= 0.6 is 0 Å². The number of hydrazone groups is 1. The van der Waals surface area contributed by atoms with E-state index in [1.54, 1.807) is 44.6 Å². The molecule has 3 aromatic rings. The lowest BCUT2D eigenvalue weighted by Crippen LogP contribution is -2.31. The second kappa shape index (κ2) is 15.4. The van der Waals surface area contributed by atoms with Crippen LogP contribution in [0.5, 0.6) is 17.2 Å². The molecule has 0 heterocycles. The predicted octanol–water partition coefficient (Wildman–Crippen LogP) is 2.60. The molecule has 0 saturated carbocycles. The molecule has 0 aromatic heterocycles. The number of benzene rings is 3. The van der Waals surface area contributed by atoms with Gasteiger partial charge in [-0.3, -0.25) is 14.4 Å². The average Bonchev–Trinajstić information content (AvgIpc) is 2.96. The van der Waals surface area contributed by atoms with Crippen molar-refractivity contribution in [3.05, 3.63) is 89.5 Å². The SMILES string of the molecule is COc1ccc(CCNC(=O)CC(=O)N/N=C/c2ccc(OCC(=O)NCc3ccccc3)cc2)cc1OC. The molecular weight excluding hydrogens is 500 g/mol. The Morgan fingerprint density at radius 1 is 0.795 bits per heavy atom. The Labute approximate surface area is 227 Å². The summed E-state index contributed by atoms with van der Waals surface area (Å²) < 4.78 is 16.0. The van der Waals surface area contributed by atoms with Gasteiger partial charge in [0.15, 0.2) is 18.1 Å². The number of hydrogen-bond donors (Lipinski definition) is 3. The van der Waals surface area contributed by atoms with Crippen LogP contribution in [0.2, 0.25) is 0 Å². The fourth-order valence-electron chi connectivity index (χ4n) is 3.46. The van der Waals surface area contributed by atoms with E-state index in [0.29, 0.717) is 42.3 Å². The molecule has 10 heteroatoms. The van der Waals surface area contributed by atoms with Crippen molar-refractivity contribution in [1.29, 1.82) is 0 Å². The van der Waals surface area contributed by atoms with E-state index in [9.17, 15) is 14.4 Å². The second-order valence-electron chi connectivity index (χ2n) is 8.38. The number of nitrogens with one attached hydrogen (secondary N) is 3. The molecule has 0 atom stereocenters. The zero-order valence-corrected chi connectivity index (χ0v) is 21.9. The van der Waals surface area contributed by atoms with Gasteiger partial charge in [0.1, 0.15) is 12.2 Å². The van der Waals surface area contributed by atoms with Crippen molar-refractivity contribution in [1.82, 2.24) is 16.1 Å². The first-order chi connectivity index (χ1) is 19.0. The van der Waals surface area contributed by atoms with E-state index < -0.39 is 11.8 Å². The van der Waals surface area contributed by atoms with E-state index >= 15 is 0 Å². The van der Waals surface area contributed by atoms with Crippen molar-refractivity contribution in [2.45, 2.75) is 19.4 Å². The lowest BCUT2D eigenvalue weighted by molar-refractivity contribution is -0.129. The van der Waals surface area contributed by atoms with Crippen molar-refractivity contribution in [3.8, 4) is 17.2 Å². The number of carbonyl (C=O) groups is 3. The first-order valence-corrected chi connectivity index (χ1v) is 12.3. The number of ether oxygens (including phenoxy) is 3. The topological polar surface area (TPSA) is 127 Å². The van der Waals surface area contributed by atoms with Crippen LogP contribution in [0.25, 0.3) is 0 Å². The minimum absolute atomic E-state index is 0.104. The third-order valence-electron chi connectivity index (χ3n) is 5.49. The lowest BCUT2D eigenvalue weighted by atomic mass is 10.1. The van der Waals surface area contributed by atoms with Gasteiger partial charge in [0, 0.05) is 13.1 Å². The number of hydrogen-bond acceptors (Lipinski definition) is 7. The summed E-state index contributed by atoms with van der Waals surface area (Å²) in [5.74, 6) is 0.607. The van der Waals surface area contributed by atoms with Gasteiger partial charge in [-0.15, -0.1) is 0 Å². The molecule has 39 heavy (non-hydrogen) atoms. The molecule has 0 radical (unpaired) electrons. The van der Waals surface area contributed by atoms with E-state index in [4.69, 9.17) is 14.2 Å². The second-order valence-corrected chi connectivity index (χ2v) is 8.38. The molecule has 3 N–H and O–H groups in total. The third-order valence-corrected chi connectivity index (χ3v) is 5.49. The van der Waals surface area contributed by atoms with E-state index in [0.717, 1.165) is 11.1 Å². The molecule has 0 aliphatic rings. The summed E-state index contributed by atoms with van der Waals surface area (Å²) in [7, 11) is 3.13. The number of rotatable bonds is 14. The molecule has 0 fully saturated rings. The van der Waals surface area contributed by atoms with Crippen molar-refractivity contribution < 1.29 is 28.6 Å². The number of carbonyl (C=O) groups excluding carboxylic acids is 3. The summed E-state index contributed by atoms with van der Waals surface area (Å²) in [5, 5.41) is 9.39. The predicted molar refractivity (Wildman–Crippen MR) is 147 cm³/mol. The maximum absolute atomic E-state index is 12.0. The van der Waals surface area contributed by atoms with Gasteiger partial charge in [-0.1, -0.05) is 36.4 Å². The molecule has 10 nitrogen and oxygen atoms in total. The van der Waals surface area contributed by atoms with E-state index in [1.807, 2.05) is 42.5 Å².